The average molecular weight is 219 g/mol. The van der Waals surface area contributed by atoms with Crippen LogP contribution in [0.1, 0.15) is 33.1 Å². The maximum Gasteiger partial charge on any atom is 0.227 e. The Bertz CT molecular complexity index is 218. The Morgan fingerprint density at radius 2 is 2.21 bits per heavy atom. The third-order valence-corrected chi connectivity index (χ3v) is 3.43. The van der Waals surface area contributed by atoms with E-state index in [9.17, 15) is 4.79 Å². The topological polar surface area (TPSA) is 55.1 Å². The zero-order chi connectivity index (χ0) is 10.8. The first-order valence-electron chi connectivity index (χ1n) is 5.08. The van der Waals surface area contributed by atoms with Crippen LogP contribution < -0.4 is 11.1 Å². The summed E-state index contributed by atoms with van der Waals surface area (Å²) in [5, 5.41) is 3.00. The molecule has 0 heterocycles. The Kier molecular flexibility index (Phi) is 3.78. The molecule has 0 unspecified atom stereocenters. The summed E-state index contributed by atoms with van der Waals surface area (Å²) < 4.78 is 0. The van der Waals surface area contributed by atoms with Crippen LogP contribution >= 0.6 is 11.6 Å². The maximum atomic E-state index is 11.7. The number of carbonyl (C=O) groups excluding carboxylic acids is 1. The van der Waals surface area contributed by atoms with E-state index in [-0.39, 0.29) is 18.0 Å². The molecule has 14 heavy (non-hydrogen) atoms. The van der Waals surface area contributed by atoms with E-state index in [1.807, 2.05) is 13.8 Å². The Labute approximate surface area is 90.4 Å². The summed E-state index contributed by atoms with van der Waals surface area (Å²) in [7, 11) is 0. The summed E-state index contributed by atoms with van der Waals surface area (Å²) >= 11 is 5.72. The molecule has 1 aliphatic carbocycles. The van der Waals surface area contributed by atoms with Crippen LogP contribution in [0.4, 0.5) is 0 Å². The molecular formula is C10H19ClN2O. The van der Waals surface area contributed by atoms with Crippen LogP contribution in [0.25, 0.3) is 0 Å². The second-order valence-electron chi connectivity index (χ2n) is 4.76. The van der Waals surface area contributed by atoms with E-state index in [1.54, 1.807) is 0 Å². The molecule has 0 bridgehead atoms. The fourth-order valence-corrected chi connectivity index (χ4v) is 1.71. The van der Waals surface area contributed by atoms with Crippen molar-refractivity contribution in [2.24, 2.45) is 11.1 Å². The number of nitrogens with one attached hydrogen (secondary N) is 1. The van der Waals surface area contributed by atoms with Gasteiger partial charge in [-0.3, -0.25) is 4.79 Å². The lowest BCUT2D eigenvalue weighted by Gasteiger charge is -2.23. The lowest BCUT2D eigenvalue weighted by molar-refractivity contribution is -0.129. The molecule has 1 fully saturated rings. The van der Waals surface area contributed by atoms with Crippen molar-refractivity contribution >= 4 is 17.5 Å². The minimum Gasteiger partial charge on any atom is -0.353 e. The second-order valence-corrected chi connectivity index (χ2v) is 5.03. The highest BCUT2D eigenvalue weighted by Gasteiger charge is 2.30. The van der Waals surface area contributed by atoms with Crippen LogP contribution in [-0.4, -0.2) is 23.9 Å². The third kappa shape index (κ3) is 2.85. The fraction of sp³-hybridized carbons (Fsp3) is 0.900. The highest BCUT2D eigenvalue weighted by molar-refractivity contribution is 6.19. The Morgan fingerprint density at radius 3 is 2.64 bits per heavy atom. The van der Waals surface area contributed by atoms with Crippen LogP contribution in [0.5, 0.6) is 0 Å². The summed E-state index contributed by atoms with van der Waals surface area (Å²) in [5.74, 6) is 0.379. The van der Waals surface area contributed by atoms with Crippen LogP contribution in [0, 0.1) is 5.41 Å². The molecule has 3 N–H and O–H groups in total. The average Bonchev–Trinajstić information content (AvgIpc) is 2.51. The highest BCUT2D eigenvalue weighted by atomic mass is 35.5. The predicted molar refractivity (Wildman–Crippen MR) is 58.3 cm³/mol. The SMILES string of the molecule is CC(C)(CCl)C(=O)N[C@@H]1CC[C@H](N)C1. The predicted octanol–water partition coefficient (Wildman–Crippen LogP) is 1.25. The number of carbonyl (C=O) groups is 1. The number of halogens is 1. The molecule has 0 aromatic carbocycles. The van der Waals surface area contributed by atoms with E-state index < -0.39 is 5.41 Å². The molecule has 0 spiro atoms. The van der Waals surface area contributed by atoms with Gasteiger partial charge in [-0.15, -0.1) is 11.6 Å². The molecule has 82 valence electrons. The van der Waals surface area contributed by atoms with E-state index in [0.29, 0.717) is 5.88 Å². The molecule has 0 radical (unpaired) electrons. The van der Waals surface area contributed by atoms with Gasteiger partial charge in [0.1, 0.15) is 0 Å². The van der Waals surface area contributed by atoms with Gasteiger partial charge in [-0.05, 0) is 33.1 Å². The number of hydrogen-bond donors (Lipinski definition) is 2. The minimum absolute atomic E-state index is 0.0339. The molecule has 0 aromatic heterocycles. The smallest absolute Gasteiger partial charge is 0.227 e. The lowest BCUT2D eigenvalue weighted by Crippen LogP contribution is -2.43. The first-order valence-corrected chi connectivity index (χ1v) is 5.61. The molecule has 0 aliphatic heterocycles. The molecule has 0 aromatic rings. The van der Waals surface area contributed by atoms with Crippen LogP contribution in [0.3, 0.4) is 0 Å². The van der Waals surface area contributed by atoms with E-state index in [1.165, 1.54) is 0 Å². The van der Waals surface area contributed by atoms with Crippen molar-refractivity contribution in [1.82, 2.24) is 5.32 Å². The monoisotopic (exact) mass is 218 g/mol. The largest absolute Gasteiger partial charge is 0.353 e. The Balaban J connectivity index is 2.41. The number of hydrogen-bond acceptors (Lipinski definition) is 2. The summed E-state index contributed by atoms with van der Waals surface area (Å²) in [4.78, 5) is 11.7. The van der Waals surface area contributed by atoms with Gasteiger partial charge >= 0.3 is 0 Å². The Hall–Kier alpha value is -0.280. The van der Waals surface area contributed by atoms with Gasteiger partial charge in [-0.1, -0.05) is 0 Å². The van der Waals surface area contributed by atoms with Crippen molar-refractivity contribution in [3.8, 4) is 0 Å². The van der Waals surface area contributed by atoms with Crippen molar-refractivity contribution in [2.45, 2.75) is 45.2 Å². The normalized spacial score (nSPS) is 27.7. The van der Waals surface area contributed by atoms with E-state index in [4.69, 9.17) is 17.3 Å². The lowest BCUT2D eigenvalue weighted by atomic mass is 9.94. The van der Waals surface area contributed by atoms with Gasteiger partial charge in [0.15, 0.2) is 0 Å². The number of amides is 1. The quantitative estimate of drug-likeness (QED) is 0.701. The molecule has 1 amide bonds. The first kappa shape index (κ1) is 11.8. The fourth-order valence-electron chi connectivity index (χ4n) is 1.59. The summed E-state index contributed by atoms with van der Waals surface area (Å²) in [6.45, 7) is 3.70. The number of alkyl halides is 1. The van der Waals surface area contributed by atoms with Gasteiger partial charge in [0.2, 0.25) is 5.91 Å². The molecular weight excluding hydrogens is 200 g/mol. The highest BCUT2D eigenvalue weighted by Crippen LogP contribution is 2.21. The number of rotatable bonds is 3. The maximum absolute atomic E-state index is 11.7. The zero-order valence-corrected chi connectivity index (χ0v) is 9.60. The van der Waals surface area contributed by atoms with Crippen molar-refractivity contribution in [3.63, 3.8) is 0 Å². The van der Waals surface area contributed by atoms with Gasteiger partial charge < -0.3 is 11.1 Å². The first-order chi connectivity index (χ1) is 6.45. The molecule has 1 aliphatic rings. The minimum atomic E-state index is -0.478. The van der Waals surface area contributed by atoms with Gasteiger partial charge in [0, 0.05) is 18.0 Å². The van der Waals surface area contributed by atoms with E-state index >= 15 is 0 Å². The van der Waals surface area contributed by atoms with Crippen molar-refractivity contribution in [1.29, 1.82) is 0 Å². The van der Waals surface area contributed by atoms with Gasteiger partial charge in [0.05, 0.1) is 5.41 Å². The van der Waals surface area contributed by atoms with E-state index in [2.05, 4.69) is 5.32 Å². The molecule has 0 saturated heterocycles. The van der Waals surface area contributed by atoms with Gasteiger partial charge in [-0.25, -0.2) is 0 Å². The molecule has 1 saturated carbocycles. The van der Waals surface area contributed by atoms with E-state index in [0.717, 1.165) is 19.3 Å². The van der Waals surface area contributed by atoms with Crippen LogP contribution in [-0.2, 0) is 4.79 Å². The van der Waals surface area contributed by atoms with Crippen molar-refractivity contribution < 1.29 is 4.79 Å². The molecule has 2 atom stereocenters. The third-order valence-electron chi connectivity index (χ3n) is 2.76. The summed E-state index contributed by atoms with van der Waals surface area (Å²) in [6.07, 6.45) is 2.89. The molecule has 4 heteroatoms. The van der Waals surface area contributed by atoms with Crippen molar-refractivity contribution in [3.05, 3.63) is 0 Å². The van der Waals surface area contributed by atoms with Crippen molar-refractivity contribution in [2.75, 3.05) is 5.88 Å². The Morgan fingerprint density at radius 1 is 1.57 bits per heavy atom. The molecule has 3 nitrogen and oxygen atoms in total. The molecule has 1 rings (SSSR count). The standard InChI is InChI=1S/C10H19ClN2O/c1-10(2,6-11)9(14)13-8-4-3-7(12)5-8/h7-8H,3-6,12H2,1-2H3,(H,13,14)/t7-,8+/m0/s1. The number of nitrogens with two attached hydrogens (primary N) is 1. The van der Waals surface area contributed by atoms with Gasteiger partial charge in [-0.2, -0.15) is 0 Å². The summed E-state index contributed by atoms with van der Waals surface area (Å²) in [6, 6.07) is 0.499. The van der Waals surface area contributed by atoms with Crippen LogP contribution in [0.2, 0.25) is 0 Å². The second kappa shape index (κ2) is 4.49. The zero-order valence-electron chi connectivity index (χ0n) is 8.85. The summed E-state index contributed by atoms with van der Waals surface area (Å²) in [5.41, 5.74) is 5.29. The van der Waals surface area contributed by atoms with Crippen LogP contribution in [0.15, 0.2) is 0 Å². The van der Waals surface area contributed by atoms with Gasteiger partial charge in [0.25, 0.3) is 0 Å².